The van der Waals surface area contributed by atoms with E-state index >= 15 is 0 Å². The molecule has 6 heteroatoms. The monoisotopic (exact) mass is 357 g/mol. The Hall–Kier alpha value is -2.89. The van der Waals surface area contributed by atoms with E-state index in [0.717, 1.165) is 5.56 Å². The zero-order valence-corrected chi connectivity index (χ0v) is 14.7. The first-order chi connectivity index (χ1) is 12.4. The highest BCUT2D eigenvalue weighted by Crippen LogP contribution is 2.32. The standard InChI is InChI=1S/C20H20FNO4/c1-20(19(24)25)10-3-11-22(20)18(23)16-9-6-14(12-17(16)21)13-4-7-15(26-2)8-5-13/h4-9,12H,3,10-11H2,1-2H3,(H,24,25). The van der Waals surface area contributed by atoms with Crippen LogP contribution in [0.25, 0.3) is 11.1 Å². The van der Waals surface area contributed by atoms with Crippen molar-refractivity contribution in [3.05, 3.63) is 53.8 Å². The molecular formula is C20H20FNO4. The summed E-state index contributed by atoms with van der Waals surface area (Å²) < 4.78 is 19.7. The van der Waals surface area contributed by atoms with Gasteiger partial charge in [-0.2, -0.15) is 0 Å². The molecule has 0 radical (unpaired) electrons. The number of carbonyl (C=O) groups excluding carboxylic acids is 1. The molecule has 1 fully saturated rings. The largest absolute Gasteiger partial charge is 0.497 e. The number of carboxylic acids is 1. The van der Waals surface area contributed by atoms with E-state index in [2.05, 4.69) is 0 Å². The Kier molecular flexibility index (Phi) is 4.68. The van der Waals surface area contributed by atoms with Crippen LogP contribution in [0.1, 0.15) is 30.1 Å². The maximum absolute atomic E-state index is 14.6. The quantitative estimate of drug-likeness (QED) is 0.908. The first-order valence-corrected chi connectivity index (χ1v) is 8.36. The number of carboxylic acid groups (broad SMARTS) is 1. The first kappa shape index (κ1) is 17.9. The van der Waals surface area contributed by atoms with Gasteiger partial charge in [-0.15, -0.1) is 0 Å². The normalized spacial score (nSPS) is 19.4. The van der Waals surface area contributed by atoms with Crippen LogP contribution >= 0.6 is 0 Å². The van der Waals surface area contributed by atoms with E-state index in [1.54, 1.807) is 37.4 Å². The van der Waals surface area contributed by atoms with Gasteiger partial charge in [0, 0.05) is 6.54 Å². The van der Waals surface area contributed by atoms with Crippen LogP contribution in [0.4, 0.5) is 4.39 Å². The molecule has 5 nitrogen and oxygen atoms in total. The minimum Gasteiger partial charge on any atom is -0.497 e. The highest BCUT2D eigenvalue weighted by molar-refractivity contribution is 5.98. The van der Waals surface area contributed by atoms with Crippen molar-refractivity contribution < 1.29 is 23.8 Å². The summed E-state index contributed by atoms with van der Waals surface area (Å²) in [6.45, 7) is 1.81. The van der Waals surface area contributed by atoms with E-state index in [9.17, 15) is 19.1 Å². The molecule has 1 unspecified atom stereocenters. The van der Waals surface area contributed by atoms with Gasteiger partial charge in [0.05, 0.1) is 12.7 Å². The minimum absolute atomic E-state index is 0.114. The molecule has 1 aliphatic heterocycles. The van der Waals surface area contributed by atoms with E-state index in [-0.39, 0.29) is 5.56 Å². The number of halogens is 1. The molecule has 1 aliphatic rings. The lowest BCUT2D eigenvalue weighted by Gasteiger charge is -2.31. The van der Waals surface area contributed by atoms with E-state index in [4.69, 9.17) is 4.74 Å². The Bertz CT molecular complexity index is 849. The zero-order valence-electron chi connectivity index (χ0n) is 14.7. The summed E-state index contributed by atoms with van der Waals surface area (Å²) in [6.07, 6.45) is 0.944. The number of rotatable bonds is 4. The average molecular weight is 357 g/mol. The number of benzene rings is 2. The van der Waals surface area contributed by atoms with Gasteiger partial charge in [0.25, 0.3) is 5.91 Å². The summed E-state index contributed by atoms with van der Waals surface area (Å²) in [6, 6.07) is 11.5. The molecule has 3 rings (SSSR count). The molecule has 2 aromatic rings. The predicted octanol–water partition coefficient (Wildman–Crippen LogP) is 3.58. The van der Waals surface area contributed by atoms with Crippen LogP contribution in [-0.2, 0) is 4.79 Å². The van der Waals surface area contributed by atoms with Gasteiger partial charge in [-0.25, -0.2) is 9.18 Å². The predicted molar refractivity (Wildman–Crippen MR) is 94.7 cm³/mol. The number of hydrogen-bond donors (Lipinski definition) is 1. The van der Waals surface area contributed by atoms with Crippen molar-refractivity contribution in [2.24, 2.45) is 0 Å². The second-order valence-electron chi connectivity index (χ2n) is 6.56. The third-order valence-electron chi connectivity index (χ3n) is 4.97. The van der Waals surface area contributed by atoms with Crippen LogP contribution in [0.15, 0.2) is 42.5 Å². The van der Waals surface area contributed by atoms with E-state index < -0.39 is 23.2 Å². The lowest BCUT2D eigenvalue weighted by molar-refractivity contribution is -0.147. The molecule has 0 bridgehead atoms. The van der Waals surface area contributed by atoms with Crippen LogP contribution in [0.3, 0.4) is 0 Å². The number of carbonyl (C=O) groups is 2. The molecule has 2 aromatic carbocycles. The van der Waals surface area contributed by atoms with Crippen LogP contribution in [-0.4, -0.2) is 41.1 Å². The van der Waals surface area contributed by atoms with Gasteiger partial charge in [0.2, 0.25) is 0 Å². The fourth-order valence-electron chi connectivity index (χ4n) is 3.31. The first-order valence-electron chi connectivity index (χ1n) is 8.36. The molecule has 1 N–H and O–H groups in total. The fourth-order valence-corrected chi connectivity index (χ4v) is 3.31. The van der Waals surface area contributed by atoms with E-state index in [0.29, 0.717) is 30.7 Å². The SMILES string of the molecule is COc1ccc(-c2ccc(C(=O)N3CCCC3(C)C(=O)O)c(F)c2)cc1. The van der Waals surface area contributed by atoms with Crippen molar-refractivity contribution in [2.45, 2.75) is 25.3 Å². The molecule has 0 saturated carbocycles. The highest BCUT2D eigenvalue weighted by atomic mass is 19.1. The Morgan fingerprint density at radius 3 is 2.38 bits per heavy atom. The smallest absolute Gasteiger partial charge is 0.329 e. The van der Waals surface area contributed by atoms with Gasteiger partial charge in [-0.3, -0.25) is 4.79 Å². The Balaban J connectivity index is 1.89. The molecule has 0 aromatic heterocycles. The van der Waals surface area contributed by atoms with Crippen LogP contribution in [0, 0.1) is 5.82 Å². The molecule has 0 aliphatic carbocycles. The van der Waals surface area contributed by atoms with Crippen molar-refractivity contribution in [2.75, 3.05) is 13.7 Å². The zero-order chi connectivity index (χ0) is 18.9. The van der Waals surface area contributed by atoms with Gasteiger partial charge in [-0.1, -0.05) is 18.2 Å². The lowest BCUT2D eigenvalue weighted by Crippen LogP contribution is -2.50. The maximum Gasteiger partial charge on any atom is 0.329 e. The summed E-state index contributed by atoms with van der Waals surface area (Å²) in [7, 11) is 1.57. The maximum atomic E-state index is 14.6. The molecule has 1 heterocycles. The summed E-state index contributed by atoms with van der Waals surface area (Å²) in [5, 5.41) is 9.45. The van der Waals surface area contributed by atoms with Crippen molar-refractivity contribution in [3.8, 4) is 16.9 Å². The van der Waals surface area contributed by atoms with Crippen molar-refractivity contribution in [3.63, 3.8) is 0 Å². The molecular weight excluding hydrogens is 337 g/mol. The molecule has 1 saturated heterocycles. The lowest BCUT2D eigenvalue weighted by atomic mass is 9.98. The number of hydrogen-bond acceptors (Lipinski definition) is 3. The number of nitrogens with zero attached hydrogens (tertiary/aromatic N) is 1. The third-order valence-corrected chi connectivity index (χ3v) is 4.97. The molecule has 136 valence electrons. The second-order valence-corrected chi connectivity index (χ2v) is 6.56. The fraction of sp³-hybridized carbons (Fsp3) is 0.300. The number of amides is 1. The van der Waals surface area contributed by atoms with Gasteiger partial charge >= 0.3 is 5.97 Å². The second kappa shape index (κ2) is 6.78. The van der Waals surface area contributed by atoms with E-state index in [1.807, 2.05) is 0 Å². The van der Waals surface area contributed by atoms with Gasteiger partial charge < -0.3 is 14.7 Å². The van der Waals surface area contributed by atoms with Gasteiger partial charge in [-0.05, 0) is 55.2 Å². The number of ether oxygens (including phenoxy) is 1. The topological polar surface area (TPSA) is 66.8 Å². The minimum atomic E-state index is -1.29. The van der Waals surface area contributed by atoms with Crippen LogP contribution in [0.5, 0.6) is 5.75 Å². The highest BCUT2D eigenvalue weighted by Gasteiger charge is 2.46. The van der Waals surface area contributed by atoms with E-state index in [1.165, 1.54) is 24.0 Å². The van der Waals surface area contributed by atoms with Gasteiger partial charge in [0.1, 0.15) is 17.1 Å². The van der Waals surface area contributed by atoms with Gasteiger partial charge in [0.15, 0.2) is 0 Å². The Labute approximate surface area is 151 Å². The van der Waals surface area contributed by atoms with Crippen molar-refractivity contribution in [1.29, 1.82) is 0 Å². The van der Waals surface area contributed by atoms with Crippen LogP contribution in [0.2, 0.25) is 0 Å². The number of likely N-dealkylation sites (tertiary alicyclic amines) is 1. The molecule has 1 atom stereocenters. The molecule has 0 spiro atoms. The summed E-state index contributed by atoms with van der Waals surface area (Å²) >= 11 is 0. The Morgan fingerprint density at radius 1 is 1.15 bits per heavy atom. The van der Waals surface area contributed by atoms with Crippen molar-refractivity contribution >= 4 is 11.9 Å². The summed E-state index contributed by atoms with van der Waals surface area (Å²) in [5.74, 6) is -1.63. The average Bonchev–Trinajstić information content (AvgIpc) is 3.04. The number of aliphatic carboxylic acids is 1. The summed E-state index contributed by atoms with van der Waals surface area (Å²) in [5.41, 5.74) is 0.0130. The van der Waals surface area contributed by atoms with Crippen LogP contribution < -0.4 is 4.74 Å². The van der Waals surface area contributed by atoms with Crippen molar-refractivity contribution in [1.82, 2.24) is 4.90 Å². The summed E-state index contributed by atoms with van der Waals surface area (Å²) in [4.78, 5) is 25.5. The Morgan fingerprint density at radius 2 is 1.81 bits per heavy atom. The third kappa shape index (κ3) is 3.03. The number of methoxy groups -OCH3 is 1. The molecule has 26 heavy (non-hydrogen) atoms. The molecule has 1 amide bonds.